The highest BCUT2D eigenvalue weighted by atomic mass is 19.4. The first-order chi connectivity index (χ1) is 16.2. The van der Waals surface area contributed by atoms with E-state index in [9.17, 15) is 18.0 Å². The lowest BCUT2D eigenvalue weighted by molar-refractivity contribution is -0.137. The number of alkyl halides is 3. The van der Waals surface area contributed by atoms with Crippen molar-refractivity contribution >= 4 is 34.5 Å². The van der Waals surface area contributed by atoms with Crippen LogP contribution in [-0.4, -0.2) is 40.1 Å². The molecule has 0 fully saturated rings. The highest BCUT2D eigenvalue weighted by molar-refractivity contribution is 6.05. The number of imidazole rings is 1. The largest absolute Gasteiger partial charge is 0.416 e. The Morgan fingerprint density at radius 1 is 1.12 bits per heavy atom. The van der Waals surface area contributed by atoms with Crippen molar-refractivity contribution in [2.24, 2.45) is 0 Å². The molecule has 0 saturated heterocycles. The fourth-order valence-electron chi connectivity index (χ4n) is 3.99. The Kier molecular flexibility index (Phi) is 4.92. The molecular weight excluding hydrogens is 447 g/mol. The van der Waals surface area contributed by atoms with Crippen molar-refractivity contribution in [2.75, 3.05) is 29.2 Å². The second kappa shape index (κ2) is 7.72. The van der Waals surface area contributed by atoms with Gasteiger partial charge in [0.25, 0.3) is 0 Å². The van der Waals surface area contributed by atoms with E-state index in [0.717, 1.165) is 23.3 Å². The molecule has 0 radical (unpaired) electrons. The normalized spacial score (nSPS) is 14.0. The Hall–Kier alpha value is -4.15. The third-order valence-corrected chi connectivity index (χ3v) is 5.81. The number of aromatic nitrogens is 4. The van der Waals surface area contributed by atoms with Crippen LogP contribution in [0.1, 0.15) is 16.7 Å². The second-order valence-corrected chi connectivity index (χ2v) is 8.04. The van der Waals surface area contributed by atoms with Crippen LogP contribution in [0, 0.1) is 6.92 Å². The summed E-state index contributed by atoms with van der Waals surface area (Å²) in [6.07, 6.45) is -2.76. The summed E-state index contributed by atoms with van der Waals surface area (Å²) >= 11 is 0. The lowest BCUT2D eigenvalue weighted by atomic mass is 10.1. The van der Waals surface area contributed by atoms with Crippen molar-refractivity contribution in [2.45, 2.75) is 19.6 Å². The topological polar surface area (TPSA) is 90.0 Å². The number of aromatic amines is 1. The number of hydrogen-bond acceptors (Lipinski definition) is 5. The molecule has 2 aromatic carbocycles. The van der Waals surface area contributed by atoms with E-state index >= 15 is 0 Å². The predicted molar refractivity (Wildman–Crippen MR) is 123 cm³/mol. The van der Waals surface area contributed by atoms with E-state index in [2.05, 4.69) is 25.3 Å². The number of carbonyl (C=O) groups is 1. The molecule has 0 aliphatic carbocycles. The first-order valence-electron chi connectivity index (χ1n) is 10.4. The van der Waals surface area contributed by atoms with E-state index in [4.69, 9.17) is 0 Å². The first-order valence-corrected chi connectivity index (χ1v) is 10.4. The number of anilines is 3. The summed E-state index contributed by atoms with van der Waals surface area (Å²) in [4.78, 5) is 32.3. The number of urea groups is 1. The summed E-state index contributed by atoms with van der Waals surface area (Å²) in [5, 5.41) is 2.87. The van der Waals surface area contributed by atoms with Gasteiger partial charge in [-0.25, -0.2) is 14.8 Å². The summed E-state index contributed by atoms with van der Waals surface area (Å²) in [5.74, 6) is 1.37. The minimum absolute atomic E-state index is 0.257. The maximum Gasteiger partial charge on any atom is 0.416 e. The maximum atomic E-state index is 13.2. The number of halogens is 3. The van der Waals surface area contributed by atoms with Gasteiger partial charge in [0.1, 0.15) is 11.6 Å². The molecule has 174 valence electrons. The van der Waals surface area contributed by atoms with Crippen LogP contribution in [0.25, 0.3) is 22.4 Å². The van der Waals surface area contributed by atoms with Gasteiger partial charge in [-0.15, -0.1) is 0 Å². The number of H-pyrrole nitrogens is 1. The SMILES string of the molecule is CNc1ncc2c(n1)N(C)C(=O)N(c1cc(-c3nc4ccc(C(F)(F)F)cc4[nH]3)ccc1C)C2. The van der Waals surface area contributed by atoms with E-state index in [0.29, 0.717) is 34.4 Å². The molecule has 11 heteroatoms. The fraction of sp³-hybridized carbons (Fsp3) is 0.217. The molecule has 2 N–H and O–H groups in total. The van der Waals surface area contributed by atoms with Crippen molar-refractivity contribution in [3.05, 3.63) is 59.3 Å². The number of hydrogen-bond donors (Lipinski definition) is 2. The van der Waals surface area contributed by atoms with Crippen molar-refractivity contribution in [1.82, 2.24) is 19.9 Å². The van der Waals surface area contributed by atoms with Crippen LogP contribution in [0.2, 0.25) is 0 Å². The van der Waals surface area contributed by atoms with Crippen LogP contribution in [0.3, 0.4) is 0 Å². The Labute approximate surface area is 192 Å². The molecule has 2 amide bonds. The maximum absolute atomic E-state index is 13.2. The Balaban J connectivity index is 1.54. The third kappa shape index (κ3) is 3.58. The van der Waals surface area contributed by atoms with Gasteiger partial charge < -0.3 is 10.3 Å². The summed E-state index contributed by atoms with van der Waals surface area (Å²) in [6, 6.07) is 8.60. The van der Waals surface area contributed by atoms with Gasteiger partial charge in [-0.3, -0.25) is 9.80 Å². The van der Waals surface area contributed by atoms with E-state index in [1.54, 1.807) is 31.3 Å². The molecule has 3 heterocycles. The number of carbonyl (C=O) groups excluding carboxylic acids is 1. The average Bonchev–Trinajstić information content (AvgIpc) is 3.24. The number of rotatable bonds is 3. The molecule has 0 unspecified atom stereocenters. The molecule has 1 aliphatic heterocycles. The molecule has 2 aromatic heterocycles. The van der Waals surface area contributed by atoms with Gasteiger partial charge in [0.05, 0.1) is 23.1 Å². The zero-order chi connectivity index (χ0) is 24.2. The number of nitrogens with zero attached hydrogens (tertiary/aromatic N) is 5. The zero-order valence-corrected chi connectivity index (χ0v) is 18.5. The highest BCUT2D eigenvalue weighted by Crippen LogP contribution is 2.35. The van der Waals surface area contributed by atoms with Crippen LogP contribution in [-0.2, 0) is 12.7 Å². The van der Waals surface area contributed by atoms with E-state index in [1.807, 2.05) is 19.1 Å². The van der Waals surface area contributed by atoms with E-state index < -0.39 is 11.7 Å². The molecule has 0 spiro atoms. The summed E-state index contributed by atoms with van der Waals surface area (Å²) in [5.41, 5.74) is 2.91. The molecule has 0 bridgehead atoms. The number of benzene rings is 2. The summed E-state index contributed by atoms with van der Waals surface area (Å²) in [7, 11) is 3.35. The fourth-order valence-corrected chi connectivity index (χ4v) is 3.99. The molecular formula is C23H20F3N7O. The van der Waals surface area contributed by atoms with Crippen LogP contribution in [0.15, 0.2) is 42.6 Å². The van der Waals surface area contributed by atoms with Crippen LogP contribution in [0.4, 0.5) is 35.4 Å². The van der Waals surface area contributed by atoms with Gasteiger partial charge in [-0.05, 0) is 36.8 Å². The van der Waals surface area contributed by atoms with Gasteiger partial charge in [0.2, 0.25) is 5.95 Å². The van der Waals surface area contributed by atoms with Crippen molar-refractivity contribution in [1.29, 1.82) is 0 Å². The minimum Gasteiger partial charge on any atom is -0.357 e. The lowest BCUT2D eigenvalue weighted by Gasteiger charge is -2.34. The lowest BCUT2D eigenvalue weighted by Crippen LogP contribution is -2.46. The Morgan fingerprint density at radius 2 is 1.91 bits per heavy atom. The summed E-state index contributed by atoms with van der Waals surface area (Å²) in [6.45, 7) is 2.17. The minimum atomic E-state index is -4.44. The number of nitrogens with one attached hydrogen (secondary N) is 2. The van der Waals surface area contributed by atoms with Gasteiger partial charge in [-0.1, -0.05) is 12.1 Å². The van der Waals surface area contributed by atoms with Gasteiger partial charge in [0.15, 0.2) is 0 Å². The smallest absolute Gasteiger partial charge is 0.357 e. The molecule has 0 atom stereocenters. The second-order valence-electron chi connectivity index (χ2n) is 8.04. The summed E-state index contributed by atoms with van der Waals surface area (Å²) < 4.78 is 39.2. The average molecular weight is 467 g/mol. The Morgan fingerprint density at radius 3 is 2.65 bits per heavy atom. The van der Waals surface area contributed by atoms with Crippen LogP contribution >= 0.6 is 0 Å². The number of amides is 2. The molecule has 34 heavy (non-hydrogen) atoms. The van der Waals surface area contributed by atoms with Gasteiger partial charge in [-0.2, -0.15) is 18.2 Å². The Bertz CT molecular complexity index is 1430. The first kappa shape index (κ1) is 21.7. The molecule has 4 aromatic rings. The van der Waals surface area contributed by atoms with Crippen LogP contribution in [0.5, 0.6) is 0 Å². The standard InChI is InChI=1S/C23H20F3N7O/c1-12-4-5-13(19-29-16-7-6-15(23(24,25)26)9-17(16)30-19)8-18(12)33-11-14-10-28-21(27-2)31-20(14)32(3)22(33)34/h4-10H,11H2,1-3H3,(H,29,30)(H,27,28,31). The third-order valence-electron chi connectivity index (χ3n) is 5.81. The number of aryl methyl sites for hydroxylation is 1. The van der Waals surface area contributed by atoms with E-state index in [-0.39, 0.29) is 18.1 Å². The quantitative estimate of drug-likeness (QED) is 0.444. The monoisotopic (exact) mass is 467 g/mol. The number of fused-ring (bicyclic) bond motifs is 2. The molecule has 5 rings (SSSR count). The molecule has 8 nitrogen and oxygen atoms in total. The van der Waals surface area contributed by atoms with Gasteiger partial charge >= 0.3 is 12.2 Å². The van der Waals surface area contributed by atoms with Crippen molar-refractivity contribution in [3.63, 3.8) is 0 Å². The van der Waals surface area contributed by atoms with Crippen molar-refractivity contribution in [3.8, 4) is 11.4 Å². The molecule has 0 saturated carbocycles. The predicted octanol–water partition coefficient (Wildman–Crippen LogP) is 4.97. The van der Waals surface area contributed by atoms with E-state index in [1.165, 1.54) is 11.0 Å². The highest BCUT2D eigenvalue weighted by Gasteiger charge is 2.32. The van der Waals surface area contributed by atoms with Crippen molar-refractivity contribution < 1.29 is 18.0 Å². The zero-order valence-electron chi connectivity index (χ0n) is 18.5. The van der Waals surface area contributed by atoms with Gasteiger partial charge in [0, 0.05) is 37.1 Å². The molecule has 1 aliphatic rings. The van der Waals surface area contributed by atoms with Crippen LogP contribution < -0.4 is 15.1 Å².